The van der Waals surface area contributed by atoms with E-state index in [0.29, 0.717) is 18.6 Å². The summed E-state index contributed by atoms with van der Waals surface area (Å²) in [7, 11) is 0. The highest BCUT2D eigenvalue weighted by atomic mass is 79.9. The van der Waals surface area contributed by atoms with E-state index >= 15 is 0 Å². The Balaban J connectivity index is 2.66. The second kappa shape index (κ2) is 6.79. The highest BCUT2D eigenvalue weighted by Gasteiger charge is 2.15. The summed E-state index contributed by atoms with van der Waals surface area (Å²) in [5, 5.41) is 0.848. The summed E-state index contributed by atoms with van der Waals surface area (Å²) in [6.45, 7) is 0. The second-order valence-corrected chi connectivity index (χ2v) is 4.46. The number of alkyl halides is 1. The summed E-state index contributed by atoms with van der Waals surface area (Å²) in [5.41, 5.74) is -0.372. The largest absolute Gasteiger partial charge is 0.294 e. The van der Waals surface area contributed by atoms with Crippen LogP contribution in [0.25, 0.3) is 0 Å². The van der Waals surface area contributed by atoms with E-state index in [-0.39, 0.29) is 12.0 Å². The molecule has 17 heavy (non-hydrogen) atoms. The summed E-state index contributed by atoms with van der Waals surface area (Å²) in [5.74, 6) is -3.97. The molecule has 0 aliphatic carbocycles. The molecule has 0 aliphatic heterocycles. The zero-order valence-corrected chi connectivity index (χ0v) is 10.7. The maximum absolute atomic E-state index is 13.2. The minimum absolute atomic E-state index is 0.148. The van der Waals surface area contributed by atoms with Gasteiger partial charge in [-0.05, 0) is 18.9 Å². The number of ketones is 1. The van der Waals surface area contributed by atoms with Crippen molar-refractivity contribution in [1.29, 1.82) is 0 Å². The normalized spacial score (nSPS) is 10.6. The Morgan fingerprint density at radius 3 is 2.29 bits per heavy atom. The van der Waals surface area contributed by atoms with Crippen LogP contribution < -0.4 is 0 Å². The number of carbonyl (C=O) groups is 1. The van der Waals surface area contributed by atoms with Gasteiger partial charge in [0.25, 0.3) is 0 Å². The number of Topliss-reactive ketones (excluding diaryl/α,β-unsaturated/α-hetero) is 1. The Morgan fingerprint density at radius 1 is 1.00 bits per heavy atom. The van der Waals surface area contributed by atoms with Crippen molar-refractivity contribution in [3.8, 4) is 0 Å². The number of halogens is 4. The predicted molar refractivity (Wildman–Crippen MR) is 62.9 cm³/mol. The summed E-state index contributed by atoms with van der Waals surface area (Å²) in [4.78, 5) is 11.6. The molecular formula is C12H12BrF3O. The minimum atomic E-state index is -1.28. The fourth-order valence-electron chi connectivity index (χ4n) is 1.43. The average Bonchev–Trinajstić information content (AvgIpc) is 2.29. The van der Waals surface area contributed by atoms with Crippen LogP contribution in [0, 0.1) is 17.5 Å². The van der Waals surface area contributed by atoms with Crippen LogP contribution in [-0.2, 0) is 0 Å². The van der Waals surface area contributed by atoms with Gasteiger partial charge >= 0.3 is 0 Å². The van der Waals surface area contributed by atoms with Gasteiger partial charge in [-0.3, -0.25) is 4.79 Å². The van der Waals surface area contributed by atoms with Crippen molar-refractivity contribution in [2.45, 2.75) is 25.7 Å². The lowest BCUT2D eigenvalue weighted by Gasteiger charge is -2.03. The third kappa shape index (κ3) is 4.15. The Morgan fingerprint density at radius 2 is 1.65 bits per heavy atom. The third-order valence-corrected chi connectivity index (χ3v) is 2.91. The molecule has 0 unspecified atom stereocenters. The molecular weight excluding hydrogens is 297 g/mol. The van der Waals surface area contributed by atoms with E-state index < -0.39 is 23.2 Å². The van der Waals surface area contributed by atoms with Gasteiger partial charge in [0, 0.05) is 17.8 Å². The van der Waals surface area contributed by atoms with Gasteiger partial charge in [-0.1, -0.05) is 22.4 Å². The first kappa shape index (κ1) is 14.2. The van der Waals surface area contributed by atoms with Crippen molar-refractivity contribution in [2.24, 2.45) is 0 Å². The van der Waals surface area contributed by atoms with Crippen molar-refractivity contribution in [1.82, 2.24) is 0 Å². The van der Waals surface area contributed by atoms with Gasteiger partial charge in [-0.2, -0.15) is 0 Å². The zero-order valence-electron chi connectivity index (χ0n) is 9.11. The van der Waals surface area contributed by atoms with Gasteiger partial charge in [-0.25, -0.2) is 13.2 Å². The molecule has 0 bridgehead atoms. The summed E-state index contributed by atoms with van der Waals surface area (Å²) in [6.07, 6.45) is 2.52. The molecule has 1 nitrogen and oxygen atoms in total. The minimum Gasteiger partial charge on any atom is -0.294 e. The van der Waals surface area contributed by atoms with Crippen LogP contribution in [0.15, 0.2) is 12.1 Å². The van der Waals surface area contributed by atoms with Crippen molar-refractivity contribution in [3.63, 3.8) is 0 Å². The fraction of sp³-hybridized carbons (Fsp3) is 0.417. The number of hydrogen-bond acceptors (Lipinski definition) is 1. The molecule has 0 saturated carbocycles. The highest BCUT2D eigenvalue weighted by Crippen LogP contribution is 2.16. The van der Waals surface area contributed by atoms with Crippen molar-refractivity contribution in [3.05, 3.63) is 35.1 Å². The molecule has 0 heterocycles. The molecule has 0 fully saturated rings. The van der Waals surface area contributed by atoms with Crippen LogP contribution in [0.4, 0.5) is 13.2 Å². The van der Waals surface area contributed by atoms with Gasteiger partial charge in [0.2, 0.25) is 0 Å². The molecule has 5 heteroatoms. The van der Waals surface area contributed by atoms with Gasteiger partial charge in [-0.15, -0.1) is 0 Å². The maximum atomic E-state index is 13.2. The molecule has 0 amide bonds. The van der Waals surface area contributed by atoms with Gasteiger partial charge in [0.1, 0.15) is 5.82 Å². The predicted octanol–water partition coefficient (Wildman–Crippen LogP) is 4.24. The summed E-state index contributed by atoms with van der Waals surface area (Å²) < 4.78 is 38.7. The average molecular weight is 309 g/mol. The first-order valence-corrected chi connectivity index (χ1v) is 6.42. The quantitative estimate of drug-likeness (QED) is 0.332. The third-order valence-electron chi connectivity index (χ3n) is 2.35. The van der Waals surface area contributed by atoms with Gasteiger partial charge in [0.15, 0.2) is 17.4 Å². The standard InChI is InChI=1S/C12H12BrF3O/c13-5-3-1-2-4-12(17)8-6-10(15)11(16)7-9(8)14/h6-7H,1-5H2. The number of benzene rings is 1. The van der Waals surface area contributed by atoms with E-state index in [1.807, 2.05) is 0 Å². The van der Waals surface area contributed by atoms with Crippen molar-refractivity contribution >= 4 is 21.7 Å². The number of rotatable bonds is 6. The van der Waals surface area contributed by atoms with Crippen LogP contribution >= 0.6 is 15.9 Å². The number of hydrogen-bond donors (Lipinski definition) is 0. The smallest absolute Gasteiger partial charge is 0.165 e. The molecule has 94 valence electrons. The number of carbonyl (C=O) groups excluding carboxylic acids is 1. The van der Waals surface area contributed by atoms with E-state index in [1.54, 1.807) is 0 Å². The second-order valence-electron chi connectivity index (χ2n) is 3.67. The first-order chi connectivity index (χ1) is 8.06. The van der Waals surface area contributed by atoms with Crippen LogP contribution in [-0.4, -0.2) is 11.1 Å². The highest BCUT2D eigenvalue weighted by molar-refractivity contribution is 9.09. The van der Waals surface area contributed by atoms with Crippen molar-refractivity contribution < 1.29 is 18.0 Å². The molecule has 0 aliphatic rings. The Kier molecular flexibility index (Phi) is 5.68. The van der Waals surface area contributed by atoms with E-state index in [4.69, 9.17) is 0 Å². The lowest BCUT2D eigenvalue weighted by atomic mass is 10.0. The Bertz CT molecular complexity index is 407. The van der Waals surface area contributed by atoms with Crippen LogP contribution in [0.5, 0.6) is 0 Å². The SMILES string of the molecule is O=C(CCCCCBr)c1cc(F)c(F)cc1F. The van der Waals surface area contributed by atoms with E-state index in [1.165, 1.54) is 0 Å². The zero-order chi connectivity index (χ0) is 12.8. The lowest BCUT2D eigenvalue weighted by Crippen LogP contribution is -2.04. The molecule has 1 aromatic rings. The fourth-order valence-corrected chi connectivity index (χ4v) is 1.82. The van der Waals surface area contributed by atoms with E-state index in [2.05, 4.69) is 15.9 Å². The molecule has 0 spiro atoms. The van der Waals surface area contributed by atoms with Crippen LogP contribution in [0.3, 0.4) is 0 Å². The summed E-state index contributed by atoms with van der Waals surface area (Å²) in [6, 6.07) is 1.03. The molecule has 0 saturated heterocycles. The first-order valence-electron chi connectivity index (χ1n) is 5.30. The molecule has 1 aromatic carbocycles. The Labute approximate surface area is 106 Å². The molecule has 1 rings (SSSR count). The molecule has 0 aromatic heterocycles. The van der Waals surface area contributed by atoms with Gasteiger partial charge < -0.3 is 0 Å². The Hall–Kier alpha value is -0.840. The summed E-state index contributed by atoms with van der Waals surface area (Å²) >= 11 is 3.25. The van der Waals surface area contributed by atoms with Crippen LogP contribution in [0.1, 0.15) is 36.0 Å². The van der Waals surface area contributed by atoms with E-state index in [0.717, 1.165) is 18.2 Å². The molecule has 0 N–H and O–H groups in total. The topological polar surface area (TPSA) is 17.1 Å². The van der Waals surface area contributed by atoms with E-state index in [9.17, 15) is 18.0 Å². The van der Waals surface area contributed by atoms with Crippen LogP contribution in [0.2, 0.25) is 0 Å². The lowest BCUT2D eigenvalue weighted by molar-refractivity contribution is 0.0974. The monoisotopic (exact) mass is 308 g/mol. The number of unbranched alkanes of at least 4 members (excludes halogenated alkanes) is 2. The van der Waals surface area contributed by atoms with Crippen molar-refractivity contribution in [2.75, 3.05) is 5.33 Å². The molecule has 0 radical (unpaired) electrons. The van der Waals surface area contributed by atoms with Gasteiger partial charge in [0.05, 0.1) is 5.56 Å². The molecule has 0 atom stereocenters. The maximum Gasteiger partial charge on any atom is 0.165 e.